The average molecular weight is 231 g/mol. The molecule has 88 valence electrons. The largest absolute Gasteiger partial charge is 0.379 e. The van der Waals surface area contributed by atoms with Crippen LogP contribution in [0.4, 0.5) is 0 Å². The number of rotatable bonds is 2. The van der Waals surface area contributed by atoms with E-state index in [-0.39, 0.29) is 11.9 Å². The number of carbonyl (C=O) groups excluding carboxylic acids is 1. The van der Waals surface area contributed by atoms with Crippen LogP contribution in [0.25, 0.3) is 0 Å². The van der Waals surface area contributed by atoms with Gasteiger partial charge in [-0.3, -0.25) is 4.79 Å². The first-order chi connectivity index (χ1) is 8.29. The van der Waals surface area contributed by atoms with Crippen molar-refractivity contribution in [2.75, 3.05) is 13.2 Å². The van der Waals surface area contributed by atoms with Crippen molar-refractivity contribution in [3.63, 3.8) is 0 Å². The Hall–Kier alpha value is -1.93. The minimum Gasteiger partial charge on any atom is -0.379 e. The summed E-state index contributed by atoms with van der Waals surface area (Å²) < 4.78 is 5.28. The number of ether oxygens (including phenoxy) is 1. The molecule has 1 aromatic rings. The number of carbonyl (C=O) groups is 1. The van der Waals surface area contributed by atoms with Crippen molar-refractivity contribution in [1.29, 1.82) is 5.26 Å². The number of nitrogens with zero attached hydrogens (tertiary/aromatic N) is 2. The highest BCUT2D eigenvalue weighted by Gasteiger charge is 2.17. The molecule has 2 rings (SSSR count). The average Bonchev–Trinajstić information content (AvgIpc) is 2.40. The van der Waals surface area contributed by atoms with E-state index in [1.54, 1.807) is 12.1 Å². The van der Waals surface area contributed by atoms with E-state index in [9.17, 15) is 4.79 Å². The number of aromatic nitrogens is 1. The Labute approximate surface area is 99.4 Å². The van der Waals surface area contributed by atoms with Gasteiger partial charge in [0.15, 0.2) is 0 Å². The van der Waals surface area contributed by atoms with Crippen LogP contribution in [-0.2, 0) is 4.74 Å². The monoisotopic (exact) mass is 231 g/mol. The molecular weight excluding hydrogens is 218 g/mol. The first-order valence-electron chi connectivity index (χ1n) is 5.54. The predicted molar refractivity (Wildman–Crippen MR) is 60.3 cm³/mol. The molecule has 1 amide bonds. The van der Waals surface area contributed by atoms with E-state index in [1.165, 1.54) is 6.20 Å². The lowest BCUT2D eigenvalue weighted by Gasteiger charge is -2.22. The normalized spacial score (nSPS) is 19.4. The third-order valence-corrected chi connectivity index (χ3v) is 2.62. The molecular formula is C12H13N3O2. The van der Waals surface area contributed by atoms with Crippen LogP contribution in [0.1, 0.15) is 28.9 Å². The smallest absolute Gasteiger partial charge is 0.270 e. The van der Waals surface area contributed by atoms with Gasteiger partial charge in [0.1, 0.15) is 11.8 Å². The highest BCUT2D eigenvalue weighted by atomic mass is 16.5. The summed E-state index contributed by atoms with van der Waals surface area (Å²) in [5, 5.41) is 11.5. The zero-order valence-electron chi connectivity index (χ0n) is 9.35. The molecule has 1 aliphatic rings. The topological polar surface area (TPSA) is 75.0 Å². The summed E-state index contributed by atoms with van der Waals surface area (Å²) >= 11 is 0. The van der Waals surface area contributed by atoms with Crippen LogP contribution in [0.2, 0.25) is 0 Å². The number of pyridine rings is 1. The van der Waals surface area contributed by atoms with E-state index >= 15 is 0 Å². The fourth-order valence-corrected chi connectivity index (χ4v) is 1.71. The molecule has 0 saturated carbocycles. The minimum absolute atomic E-state index is 0.0636. The maximum absolute atomic E-state index is 11.8. The lowest BCUT2D eigenvalue weighted by molar-refractivity contribution is 0.0622. The van der Waals surface area contributed by atoms with Crippen LogP contribution >= 0.6 is 0 Å². The molecule has 0 radical (unpaired) electrons. The zero-order chi connectivity index (χ0) is 12.1. The summed E-state index contributed by atoms with van der Waals surface area (Å²) in [6.45, 7) is 1.32. The van der Waals surface area contributed by atoms with Gasteiger partial charge >= 0.3 is 0 Å². The Kier molecular flexibility index (Phi) is 3.68. The highest BCUT2D eigenvalue weighted by Crippen LogP contribution is 2.07. The van der Waals surface area contributed by atoms with Gasteiger partial charge in [0, 0.05) is 12.8 Å². The van der Waals surface area contributed by atoms with Gasteiger partial charge in [0.25, 0.3) is 5.91 Å². The summed E-state index contributed by atoms with van der Waals surface area (Å²) in [5.74, 6) is -0.218. The van der Waals surface area contributed by atoms with E-state index < -0.39 is 0 Å². The molecule has 5 nitrogen and oxygen atoms in total. The lowest BCUT2D eigenvalue weighted by Crippen LogP contribution is -2.40. The SMILES string of the molecule is N#Cc1ccc(C(=O)NC2CCCOC2)nc1. The molecule has 1 atom stereocenters. The second-order valence-corrected chi connectivity index (χ2v) is 3.93. The van der Waals surface area contributed by atoms with Crippen molar-refractivity contribution < 1.29 is 9.53 Å². The van der Waals surface area contributed by atoms with Crippen molar-refractivity contribution >= 4 is 5.91 Å². The molecule has 1 fully saturated rings. The Morgan fingerprint density at radius 3 is 3.06 bits per heavy atom. The van der Waals surface area contributed by atoms with Crippen LogP contribution < -0.4 is 5.32 Å². The van der Waals surface area contributed by atoms with Gasteiger partial charge in [-0.1, -0.05) is 0 Å². The van der Waals surface area contributed by atoms with Gasteiger partial charge in [-0.2, -0.15) is 5.26 Å². The number of amides is 1. The first kappa shape index (κ1) is 11.6. The van der Waals surface area contributed by atoms with Crippen LogP contribution in [0, 0.1) is 11.3 Å². The molecule has 0 aliphatic carbocycles. The quantitative estimate of drug-likeness (QED) is 0.819. The van der Waals surface area contributed by atoms with Gasteiger partial charge in [-0.25, -0.2) is 4.98 Å². The van der Waals surface area contributed by atoms with E-state index in [1.807, 2.05) is 6.07 Å². The molecule has 0 bridgehead atoms. The molecule has 1 unspecified atom stereocenters. The van der Waals surface area contributed by atoms with Crippen LogP contribution in [0.3, 0.4) is 0 Å². The summed E-state index contributed by atoms with van der Waals surface area (Å²) in [5.41, 5.74) is 0.775. The molecule has 1 aliphatic heterocycles. The number of nitriles is 1. The van der Waals surface area contributed by atoms with Gasteiger partial charge in [0.2, 0.25) is 0 Å². The molecule has 5 heteroatoms. The summed E-state index contributed by atoms with van der Waals surface area (Å²) in [6, 6.07) is 5.16. The molecule has 1 aromatic heterocycles. The second-order valence-electron chi connectivity index (χ2n) is 3.93. The van der Waals surface area contributed by atoms with Gasteiger partial charge in [-0.15, -0.1) is 0 Å². The van der Waals surface area contributed by atoms with E-state index in [0.717, 1.165) is 19.4 Å². The maximum Gasteiger partial charge on any atom is 0.270 e. The van der Waals surface area contributed by atoms with E-state index in [2.05, 4.69) is 10.3 Å². The standard InChI is InChI=1S/C12H13N3O2/c13-6-9-3-4-11(14-7-9)12(16)15-10-2-1-5-17-8-10/h3-4,7,10H,1-2,5,8H2,(H,15,16). The van der Waals surface area contributed by atoms with Gasteiger partial charge < -0.3 is 10.1 Å². The fraction of sp³-hybridized carbons (Fsp3) is 0.417. The Morgan fingerprint density at radius 2 is 2.47 bits per heavy atom. The Morgan fingerprint density at radius 1 is 1.59 bits per heavy atom. The second kappa shape index (κ2) is 5.41. The highest BCUT2D eigenvalue weighted by molar-refractivity contribution is 5.92. The van der Waals surface area contributed by atoms with Crippen molar-refractivity contribution in [1.82, 2.24) is 10.3 Å². The first-order valence-corrected chi connectivity index (χ1v) is 5.54. The molecule has 17 heavy (non-hydrogen) atoms. The minimum atomic E-state index is -0.218. The Bertz CT molecular complexity index is 430. The van der Waals surface area contributed by atoms with Crippen LogP contribution in [0.15, 0.2) is 18.3 Å². The van der Waals surface area contributed by atoms with E-state index in [0.29, 0.717) is 17.9 Å². The summed E-state index contributed by atoms with van der Waals surface area (Å²) in [6.07, 6.45) is 3.29. The van der Waals surface area contributed by atoms with Crippen LogP contribution in [0.5, 0.6) is 0 Å². The number of hydrogen-bond donors (Lipinski definition) is 1. The molecule has 2 heterocycles. The molecule has 0 aromatic carbocycles. The number of nitrogens with one attached hydrogen (secondary N) is 1. The fourth-order valence-electron chi connectivity index (χ4n) is 1.71. The Balaban J connectivity index is 1.96. The molecule has 1 N–H and O–H groups in total. The molecule has 0 spiro atoms. The summed E-state index contributed by atoms with van der Waals surface area (Å²) in [4.78, 5) is 15.7. The third kappa shape index (κ3) is 3.02. The van der Waals surface area contributed by atoms with E-state index in [4.69, 9.17) is 10.00 Å². The number of hydrogen-bond acceptors (Lipinski definition) is 4. The lowest BCUT2D eigenvalue weighted by atomic mass is 10.1. The van der Waals surface area contributed by atoms with Crippen molar-refractivity contribution in [3.05, 3.63) is 29.6 Å². The maximum atomic E-state index is 11.8. The van der Waals surface area contributed by atoms with Crippen molar-refractivity contribution in [3.8, 4) is 6.07 Å². The van der Waals surface area contributed by atoms with Crippen molar-refractivity contribution in [2.45, 2.75) is 18.9 Å². The van der Waals surface area contributed by atoms with Gasteiger partial charge in [-0.05, 0) is 25.0 Å². The predicted octanol–water partition coefficient (Wildman–Crippen LogP) is 0.862. The van der Waals surface area contributed by atoms with Crippen LogP contribution in [-0.4, -0.2) is 30.1 Å². The zero-order valence-corrected chi connectivity index (χ0v) is 9.35. The third-order valence-electron chi connectivity index (χ3n) is 2.62. The van der Waals surface area contributed by atoms with Crippen molar-refractivity contribution in [2.24, 2.45) is 0 Å². The molecule has 1 saturated heterocycles. The summed E-state index contributed by atoms with van der Waals surface area (Å²) in [7, 11) is 0. The van der Waals surface area contributed by atoms with Gasteiger partial charge in [0.05, 0.1) is 18.2 Å².